The zero-order chi connectivity index (χ0) is 7.98. The van der Waals surface area contributed by atoms with Gasteiger partial charge in [-0.25, -0.2) is 0 Å². The van der Waals surface area contributed by atoms with Crippen molar-refractivity contribution < 1.29 is 5.11 Å². The number of hydrogen-bond donors (Lipinski definition) is 1. The third-order valence-electron chi connectivity index (χ3n) is 1.61. The minimum atomic E-state index is 0.521. The third kappa shape index (κ3) is 5.67. The molecule has 0 radical (unpaired) electrons. The van der Waals surface area contributed by atoms with E-state index in [1.165, 1.54) is 12.8 Å². The van der Waals surface area contributed by atoms with Gasteiger partial charge in [0.15, 0.2) is 0 Å². The molecule has 0 saturated carbocycles. The van der Waals surface area contributed by atoms with Crippen molar-refractivity contribution in [2.75, 3.05) is 0 Å². The van der Waals surface area contributed by atoms with E-state index in [1.807, 2.05) is 6.08 Å². The fraction of sp³-hybridized carbons (Fsp3) is 0.778. The Morgan fingerprint density at radius 1 is 1.20 bits per heavy atom. The highest BCUT2D eigenvalue weighted by Crippen LogP contribution is 2.11. The maximum Gasteiger partial charge on any atom is 0.0754 e. The molecule has 0 aliphatic heterocycles. The molecule has 1 heteroatoms. The highest BCUT2D eigenvalue weighted by molar-refractivity contribution is 4.78. The predicted octanol–water partition coefficient (Wildman–Crippen LogP) is 3.13. The van der Waals surface area contributed by atoms with E-state index in [0.717, 1.165) is 12.2 Å². The van der Waals surface area contributed by atoms with Crippen molar-refractivity contribution in [1.82, 2.24) is 0 Å². The van der Waals surface area contributed by atoms with Crippen LogP contribution in [0.1, 0.15) is 33.6 Å². The number of aliphatic hydroxyl groups excluding tert-OH is 1. The summed E-state index contributed by atoms with van der Waals surface area (Å²) in [5, 5.41) is 8.42. The second-order valence-corrected chi connectivity index (χ2v) is 3.29. The maximum absolute atomic E-state index is 8.42. The molecule has 1 N–H and O–H groups in total. The molecule has 0 bridgehead atoms. The monoisotopic (exact) mass is 142 g/mol. The molecule has 0 aliphatic rings. The van der Waals surface area contributed by atoms with Gasteiger partial charge in [-0.05, 0) is 24.3 Å². The first-order chi connectivity index (χ1) is 4.66. The van der Waals surface area contributed by atoms with Crippen LogP contribution in [0, 0.1) is 11.8 Å². The van der Waals surface area contributed by atoms with Crippen molar-refractivity contribution in [1.29, 1.82) is 0 Å². The summed E-state index contributed by atoms with van der Waals surface area (Å²) < 4.78 is 0. The fourth-order valence-corrected chi connectivity index (χ4v) is 0.839. The van der Waals surface area contributed by atoms with Gasteiger partial charge in [0, 0.05) is 0 Å². The lowest BCUT2D eigenvalue weighted by Gasteiger charge is -2.06. The van der Waals surface area contributed by atoms with Crippen molar-refractivity contribution in [3.8, 4) is 0 Å². The zero-order valence-corrected chi connectivity index (χ0v) is 7.17. The largest absolute Gasteiger partial charge is 0.516 e. The minimum Gasteiger partial charge on any atom is -0.516 e. The van der Waals surface area contributed by atoms with Gasteiger partial charge in [-0.3, -0.25) is 0 Å². The normalized spacial score (nSPS) is 14.8. The lowest BCUT2D eigenvalue weighted by atomic mass is 10.00. The summed E-state index contributed by atoms with van der Waals surface area (Å²) in [5.74, 6) is 1.29. The van der Waals surface area contributed by atoms with Crippen LogP contribution in [-0.2, 0) is 0 Å². The van der Waals surface area contributed by atoms with Crippen LogP contribution in [0.15, 0.2) is 12.3 Å². The van der Waals surface area contributed by atoms with E-state index >= 15 is 0 Å². The van der Waals surface area contributed by atoms with Crippen LogP contribution in [0.25, 0.3) is 0 Å². The lowest BCUT2D eigenvalue weighted by molar-refractivity contribution is 0.453. The molecule has 0 aromatic rings. The van der Waals surface area contributed by atoms with Gasteiger partial charge < -0.3 is 5.11 Å². The maximum atomic E-state index is 8.42. The number of allylic oxidation sites excluding steroid dienone is 1. The van der Waals surface area contributed by atoms with Crippen LogP contribution in [-0.4, -0.2) is 5.11 Å². The van der Waals surface area contributed by atoms with E-state index in [9.17, 15) is 0 Å². The van der Waals surface area contributed by atoms with E-state index in [1.54, 1.807) is 0 Å². The van der Waals surface area contributed by atoms with E-state index < -0.39 is 0 Å². The van der Waals surface area contributed by atoms with Crippen molar-refractivity contribution in [3.05, 3.63) is 12.3 Å². The average Bonchev–Trinajstić information content (AvgIpc) is 1.85. The summed E-state index contributed by atoms with van der Waals surface area (Å²) in [6.45, 7) is 6.56. The molecule has 0 rings (SSSR count). The Bertz CT molecular complexity index is 94.9. The Morgan fingerprint density at radius 2 is 1.80 bits per heavy atom. The van der Waals surface area contributed by atoms with Gasteiger partial charge in [0.05, 0.1) is 6.26 Å². The quantitative estimate of drug-likeness (QED) is 0.598. The molecule has 0 aliphatic carbocycles. The molecule has 60 valence electrons. The minimum absolute atomic E-state index is 0.521. The van der Waals surface area contributed by atoms with Crippen molar-refractivity contribution in [2.45, 2.75) is 33.6 Å². The summed E-state index contributed by atoms with van der Waals surface area (Å²) in [6.07, 6.45) is 5.40. The molecule has 1 unspecified atom stereocenters. The highest BCUT2D eigenvalue weighted by Gasteiger charge is 1.98. The molecular formula is C9H18O. The van der Waals surface area contributed by atoms with Gasteiger partial charge in [-0.1, -0.05) is 27.2 Å². The number of rotatable bonds is 4. The van der Waals surface area contributed by atoms with Gasteiger partial charge in [0.2, 0.25) is 0 Å². The van der Waals surface area contributed by atoms with Crippen molar-refractivity contribution in [3.63, 3.8) is 0 Å². The smallest absolute Gasteiger partial charge is 0.0754 e. The number of hydrogen-bond acceptors (Lipinski definition) is 1. The van der Waals surface area contributed by atoms with Crippen LogP contribution in [0.3, 0.4) is 0 Å². The van der Waals surface area contributed by atoms with E-state index in [2.05, 4.69) is 20.8 Å². The lowest BCUT2D eigenvalue weighted by Crippen LogP contribution is -1.93. The highest BCUT2D eigenvalue weighted by atomic mass is 16.2. The molecule has 0 amide bonds. The zero-order valence-electron chi connectivity index (χ0n) is 7.17. The van der Waals surface area contributed by atoms with E-state index in [4.69, 9.17) is 5.11 Å². The fourth-order valence-electron chi connectivity index (χ4n) is 0.839. The molecule has 0 spiro atoms. The SMILES string of the molecule is CC(C)CCC(C)/C=C/O. The Kier molecular flexibility index (Phi) is 5.09. The van der Waals surface area contributed by atoms with Crippen LogP contribution >= 0.6 is 0 Å². The molecule has 1 atom stereocenters. The molecule has 10 heavy (non-hydrogen) atoms. The van der Waals surface area contributed by atoms with Crippen LogP contribution in [0.5, 0.6) is 0 Å². The van der Waals surface area contributed by atoms with Crippen LogP contribution in [0.4, 0.5) is 0 Å². The molecule has 1 nitrogen and oxygen atoms in total. The van der Waals surface area contributed by atoms with Gasteiger partial charge in [-0.2, -0.15) is 0 Å². The van der Waals surface area contributed by atoms with Gasteiger partial charge in [0.25, 0.3) is 0 Å². The van der Waals surface area contributed by atoms with E-state index in [0.29, 0.717) is 5.92 Å². The van der Waals surface area contributed by atoms with Gasteiger partial charge in [-0.15, -0.1) is 0 Å². The van der Waals surface area contributed by atoms with Crippen molar-refractivity contribution >= 4 is 0 Å². The predicted molar refractivity (Wildman–Crippen MR) is 45.0 cm³/mol. The first-order valence-electron chi connectivity index (χ1n) is 3.97. The Hall–Kier alpha value is -0.460. The van der Waals surface area contributed by atoms with E-state index in [-0.39, 0.29) is 0 Å². The summed E-state index contributed by atoms with van der Waals surface area (Å²) in [5.41, 5.74) is 0. The topological polar surface area (TPSA) is 20.2 Å². The third-order valence-corrected chi connectivity index (χ3v) is 1.61. The van der Waals surface area contributed by atoms with Crippen LogP contribution < -0.4 is 0 Å². The summed E-state index contributed by atoms with van der Waals surface area (Å²) in [4.78, 5) is 0. The Labute approximate surface area is 63.8 Å². The molecule has 0 aromatic heterocycles. The molecule has 0 aromatic carbocycles. The Balaban J connectivity index is 3.30. The standard InChI is InChI=1S/C9H18O/c1-8(2)4-5-9(3)6-7-10/h6-10H,4-5H2,1-3H3/b7-6+. The van der Waals surface area contributed by atoms with Gasteiger partial charge in [0.1, 0.15) is 0 Å². The van der Waals surface area contributed by atoms with Crippen LogP contribution in [0.2, 0.25) is 0 Å². The first-order valence-corrected chi connectivity index (χ1v) is 3.97. The second kappa shape index (κ2) is 5.33. The number of aliphatic hydroxyl groups is 1. The summed E-state index contributed by atoms with van der Waals surface area (Å²) >= 11 is 0. The molecule has 0 fully saturated rings. The second-order valence-electron chi connectivity index (χ2n) is 3.29. The van der Waals surface area contributed by atoms with Gasteiger partial charge >= 0.3 is 0 Å². The summed E-state index contributed by atoms with van der Waals surface area (Å²) in [6, 6.07) is 0. The summed E-state index contributed by atoms with van der Waals surface area (Å²) in [7, 11) is 0. The molecule has 0 saturated heterocycles. The Morgan fingerprint density at radius 3 is 2.20 bits per heavy atom. The first kappa shape index (κ1) is 9.54. The molecular weight excluding hydrogens is 124 g/mol. The van der Waals surface area contributed by atoms with Crippen molar-refractivity contribution in [2.24, 2.45) is 11.8 Å². The molecule has 0 heterocycles. The average molecular weight is 142 g/mol.